The Morgan fingerprint density at radius 1 is 1.23 bits per heavy atom. The van der Waals surface area contributed by atoms with Crippen molar-refractivity contribution in [1.82, 2.24) is 9.97 Å². The van der Waals surface area contributed by atoms with Crippen LogP contribution in [-0.2, 0) is 6.18 Å². The first-order chi connectivity index (χ1) is 6.07. The van der Waals surface area contributed by atoms with Crippen molar-refractivity contribution in [1.29, 1.82) is 0 Å². The Hall–Kier alpha value is -1.59. The van der Waals surface area contributed by atoms with Crippen LogP contribution in [0.25, 0.3) is 11.1 Å². The maximum absolute atomic E-state index is 12.1. The lowest BCUT2D eigenvalue weighted by atomic mass is 10.3. The number of pyridine rings is 1. The van der Waals surface area contributed by atoms with Gasteiger partial charge >= 0.3 is 6.18 Å². The minimum Gasteiger partial charge on any atom is -0.442 e. The Morgan fingerprint density at radius 2 is 2.00 bits per heavy atom. The Morgan fingerprint density at radius 3 is 2.69 bits per heavy atom. The summed E-state index contributed by atoms with van der Waals surface area (Å²) in [7, 11) is 0. The minimum absolute atomic E-state index is 0.155. The standard InChI is InChI=1S/C7H3F3N2O/c8-7(9,10)6-1-4-5(2-11-6)13-3-12-4/h1-3H. The van der Waals surface area contributed by atoms with E-state index in [1.807, 2.05) is 0 Å². The number of aromatic nitrogens is 2. The molecule has 0 atom stereocenters. The molecule has 0 saturated carbocycles. The maximum atomic E-state index is 12.1. The van der Waals surface area contributed by atoms with Gasteiger partial charge in [0, 0.05) is 0 Å². The van der Waals surface area contributed by atoms with Gasteiger partial charge in [0.1, 0.15) is 11.2 Å². The molecule has 2 aromatic heterocycles. The van der Waals surface area contributed by atoms with Crippen molar-refractivity contribution in [2.24, 2.45) is 0 Å². The Kier molecular flexibility index (Phi) is 1.51. The fourth-order valence-corrected chi connectivity index (χ4v) is 0.919. The average Bonchev–Trinajstić information content (AvgIpc) is 2.47. The van der Waals surface area contributed by atoms with Crippen LogP contribution in [0, 0.1) is 0 Å². The zero-order valence-electron chi connectivity index (χ0n) is 6.17. The predicted molar refractivity (Wildman–Crippen MR) is 36.8 cm³/mol. The highest BCUT2D eigenvalue weighted by atomic mass is 19.4. The van der Waals surface area contributed by atoms with E-state index in [9.17, 15) is 13.2 Å². The van der Waals surface area contributed by atoms with E-state index in [4.69, 9.17) is 4.42 Å². The lowest BCUT2D eigenvalue weighted by molar-refractivity contribution is -0.141. The summed E-state index contributed by atoms with van der Waals surface area (Å²) in [4.78, 5) is 6.78. The van der Waals surface area contributed by atoms with E-state index in [0.717, 1.165) is 18.7 Å². The molecule has 0 unspecified atom stereocenters. The van der Waals surface area contributed by atoms with Gasteiger partial charge in [-0.3, -0.25) is 0 Å². The lowest BCUT2D eigenvalue weighted by Crippen LogP contribution is -2.07. The normalized spacial score (nSPS) is 12.2. The second kappa shape index (κ2) is 2.45. The van der Waals surface area contributed by atoms with Crippen molar-refractivity contribution in [3.63, 3.8) is 0 Å². The van der Waals surface area contributed by atoms with E-state index in [1.165, 1.54) is 0 Å². The fourth-order valence-electron chi connectivity index (χ4n) is 0.919. The van der Waals surface area contributed by atoms with E-state index in [2.05, 4.69) is 9.97 Å². The quantitative estimate of drug-likeness (QED) is 0.636. The summed E-state index contributed by atoms with van der Waals surface area (Å²) < 4.78 is 41.0. The zero-order chi connectivity index (χ0) is 9.47. The number of halogens is 3. The number of nitrogens with zero attached hydrogens (tertiary/aromatic N) is 2. The third kappa shape index (κ3) is 1.34. The maximum Gasteiger partial charge on any atom is 0.433 e. The van der Waals surface area contributed by atoms with Crippen LogP contribution in [0.4, 0.5) is 13.2 Å². The van der Waals surface area contributed by atoms with Crippen LogP contribution in [0.3, 0.4) is 0 Å². The van der Waals surface area contributed by atoms with Gasteiger partial charge < -0.3 is 4.42 Å². The molecule has 0 spiro atoms. The van der Waals surface area contributed by atoms with Crippen LogP contribution < -0.4 is 0 Å². The molecule has 68 valence electrons. The molecule has 0 N–H and O–H groups in total. The molecule has 0 aliphatic rings. The summed E-state index contributed by atoms with van der Waals surface area (Å²) >= 11 is 0. The number of alkyl halides is 3. The molecular formula is C7H3F3N2O. The highest BCUT2D eigenvalue weighted by Crippen LogP contribution is 2.28. The van der Waals surface area contributed by atoms with E-state index in [0.29, 0.717) is 0 Å². The smallest absolute Gasteiger partial charge is 0.433 e. The molecule has 0 radical (unpaired) electrons. The summed E-state index contributed by atoms with van der Waals surface area (Å²) in [5, 5.41) is 0. The van der Waals surface area contributed by atoms with Crippen LogP contribution in [0.5, 0.6) is 0 Å². The highest BCUT2D eigenvalue weighted by Gasteiger charge is 2.32. The molecule has 2 rings (SSSR count). The number of oxazole rings is 1. The van der Waals surface area contributed by atoms with Crippen molar-refractivity contribution >= 4 is 11.1 Å². The molecule has 0 fully saturated rings. The van der Waals surface area contributed by atoms with Crippen LogP contribution in [0.15, 0.2) is 23.1 Å². The Balaban J connectivity index is 2.61. The summed E-state index contributed by atoms with van der Waals surface area (Å²) in [6.45, 7) is 0. The Labute approximate surface area is 70.2 Å². The van der Waals surface area contributed by atoms with Crippen molar-refractivity contribution in [3.05, 3.63) is 24.4 Å². The minimum atomic E-state index is -4.44. The lowest BCUT2D eigenvalue weighted by Gasteiger charge is -2.03. The summed E-state index contributed by atoms with van der Waals surface area (Å²) in [6, 6.07) is 0.846. The molecule has 0 aliphatic heterocycles. The van der Waals surface area contributed by atoms with Gasteiger partial charge in [-0.25, -0.2) is 9.97 Å². The summed E-state index contributed by atoms with van der Waals surface area (Å²) in [6.07, 6.45) is -2.36. The van der Waals surface area contributed by atoms with Gasteiger partial charge in [0.15, 0.2) is 12.0 Å². The van der Waals surface area contributed by atoms with E-state index in [1.54, 1.807) is 0 Å². The largest absolute Gasteiger partial charge is 0.442 e. The number of hydrogen-bond acceptors (Lipinski definition) is 3. The monoisotopic (exact) mass is 188 g/mol. The number of fused-ring (bicyclic) bond motifs is 1. The molecule has 0 bridgehead atoms. The number of hydrogen-bond donors (Lipinski definition) is 0. The van der Waals surface area contributed by atoms with Crippen molar-refractivity contribution in [2.45, 2.75) is 6.18 Å². The fraction of sp³-hybridized carbons (Fsp3) is 0.143. The molecule has 0 aromatic carbocycles. The SMILES string of the molecule is FC(F)(F)c1cc2ncoc2cn1. The summed E-state index contributed by atoms with van der Waals surface area (Å²) in [5.41, 5.74) is -0.566. The molecule has 3 nitrogen and oxygen atoms in total. The molecule has 13 heavy (non-hydrogen) atoms. The van der Waals surface area contributed by atoms with Gasteiger partial charge in [-0.05, 0) is 6.07 Å². The van der Waals surface area contributed by atoms with Gasteiger partial charge in [-0.1, -0.05) is 0 Å². The van der Waals surface area contributed by atoms with E-state index >= 15 is 0 Å². The van der Waals surface area contributed by atoms with E-state index in [-0.39, 0.29) is 11.1 Å². The second-order valence-corrected chi connectivity index (χ2v) is 2.39. The molecule has 0 amide bonds. The van der Waals surface area contributed by atoms with Crippen LogP contribution in [0.2, 0.25) is 0 Å². The van der Waals surface area contributed by atoms with Crippen molar-refractivity contribution in [3.8, 4) is 0 Å². The third-order valence-electron chi connectivity index (χ3n) is 1.51. The van der Waals surface area contributed by atoms with Crippen LogP contribution >= 0.6 is 0 Å². The average molecular weight is 188 g/mol. The molecule has 6 heteroatoms. The third-order valence-corrected chi connectivity index (χ3v) is 1.51. The van der Waals surface area contributed by atoms with Gasteiger partial charge in [-0.2, -0.15) is 13.2 Å². The van der Waals surface area contributed by atoms with Gasteiger partial charge in [0.2, 0.25) is 0 Å². The van der Waals surface area contributed by atoms with Crippen molar-refractivity contribution in [2.75, 3.05) is 0 Å². The second-order valence-electron chi connectivity index (χ2n) is 2.39. The van der Waals surface area contributed by atoms with Crippen molar-refractivity contribution < 1.29 is 17.6 Å². The van der Waals surface area contributed by atoms with Gasteiger partial charge in [-0.15, -0.1) is 0 Å². The first kappa shape index (κ1) is 8.03. The molecule has 2 aromatic rings. The zero-order valence-corrected chi connectivity index (χ0v) is 6.17. The van der Waals surface area contributed by atoms with Gasteiger partial charge in [0.05, 0.1) is 6.20 Å². The molecule has 0 saturated heterocycles. The predicted octanol–water partition coefficient (Wildman–Crippen LogP) is 2.24. The van der Waals surface area contributed by atoms with E-state index < -0.39 is 11.9 Å². The topological polar surface area (TPSA) is 38.9 Å². The summed E-state index contributed by atoms with van der Waals surface area (Å²) in [5.74, 6) is 0. The van der Waals surface area contributed by atoms with Gasteiger partial charge in [0.25, 0.3) is 0 Å². The Bertz CT molecular complexity index is 434. The number of rotatable bonds is 0. The van der Waals surface area contributed by atoms with Crippen LogP contribution in [0.1, 0.15) is 5.69 Å². The molecule has 2 heterocycles. The molecular weight excluding hydrogens is 185 g/mol. The van der Waals surface area contributed by atoms with Crippen LogP contribution in [-0.4, -0.2) is 9.97 Å². The highest BCUT2D eigenvalue weighted by molar-refractivity contribution is 5.71. The first-order valence-electron chi connectivity index (χ1n) is 3.34. The molecule has 0 aliphatic carbocycles. The first-order valence-corrected chi connectivity index (χ1v) is 3.34.